The predicted molar refractivity (Wildman–Crippen MR) is 152 cm³/mol. The molecule has 1 aliphatic rings. The Morgan fingerprint density at radius 1 is 0.528 bits per heavy atom. The molecule has 0 bridgehead atoms. The normalized spacial score (nSPS) is 12.9. The van der Waals surface area contributed by atoms with Gasteiger partial charge in [0, 0.05) is 12.4 Å². The van der Waals surface area contributed by atoms with Crippen LogP contribution in [0.3, 0.4) is 0 Å². The fourth-order valence-electron chi connectivity index (χ4n) is 4.49. The first-order valence-corrected chi connectivity index (χ1v) is 12.9. The van der Waals surface area contributed by atoms with Crippen LogP contribution >= 0.6 is 0 Å². The Kier molecular flexibility index (Phi) is 11.6. The van der Waals surface area contributed by atoms with Crippen LogP contribution in [0.4, 0.5) is 11.4 Å². The maximum absolute atomic E-state index is 3.66. The van der Waals surface area contributed by atoms with Gasteiger partial charge in [-0.15, -0.1) is 0 Å². The van der Waals surface area contributed by atoms with Crippen molar-refractivity contribution in [3.8, 4) is 0 Å². The van der Waals surface area contributed by atoms with E-state index in [9.17, 15) is 0 Å². The Balaban J connectivity index is 0.000000571. The zero-order valence-corrected chi connectivity index (χ0v) is 25.2. The first-order chi connectivity index (χ1) is 16.7. The average molecular weight is 663 g/mol. The summed E-state index contributed by atoms with van der Waals surface area (Å²) in [6.45, 7) is 21.8. The van der Waals surface area contributed by atoms with Crippen molar-refractivity contribution < 1.29 is 22.4 Å². The second-order valence-corrected chi connectivity index (χ2v) is 10.4. The number of rotatable bonds is 6. The third-order valence-corrected chi connectivity index (χ3v) is 6.35. The summed E-state index contributed by atoms with van der Waals surface area (Å²) in [6.07, 6.45) is 4.32. The van der Waals surface area contributed by atoms with Gasteiger partial charge < -0.3 is 9.80 Å². The van der Waals surface area contributed by atoms with Gasteiger partial charge in [0.25, 0.3) is 0 Å². The zero-order valence-electron chi connectivity index (χ0n) is 23.0. The van der Waals surface area contributed by atoms with E-state index in [1.165, 1.54) is 33.6 Å². The molecule has 194 valence electrons. The van der Waals surface area contributed by atoms with E-state index < -0.39 is 0 Å². The number of anilines is 2. The fraction of sp³-hybridized carbons (Fsp3) is 0.364. The summed E-state index contributed by atoms with van der Waals surface area (Å²) < 4.78 is 0. The molecule has 0 atom stereocenters. The molecule has 0 amide bonds. The van der Waals surface area contributed by atoms with Crippen LogP contribution in [0.1, 0.15) is 101 Å². The Hall–Kier alpha value is -2.26. The minimum Gasteiger partial charge on any atom is -0.315 e. The third kappa shape index (κ3) is 7.16. The maximum Gasteiger partial charge on any atom is 1.00 e. The molecule has 1 heterocycles. The molecule has 0 spiro atoms. The molecule has 3 aromatic rings. The van der Waals surface area contributed by atoms with Gasteiger partial charge in [-0.05, 0) is 45.9 Å². The van der Waals surface area contributed by atoms with Gasteiger partial charge in [0.05, 0.1) is 11.4 Å². The van der Waals surface area contributed by atoms with Crippen LogP contribution in [0.5, 0.6) is 0 Å². The van der Waals surface area contributed by atoms with E-state index in [4.69, 9.17) is 0 Å². The van der Waals surface area contributed by atoms with Crippen LogP contribution in [0.15, 0.2) is 79.1 Å². The Morgan fingerprint density at radius 2 is 0.861 bits per heavy atom. The van der Waals surface area contributed by atoms with Crippen molar-refractivity contribution in [3.63, 3.8) is 0 Å². The van der Waals surface area contributed by atoms with Gasteiger partial charge in [0.1, 0.15) is 0 Å². The molecule has 3 aromatic carbocycles. The van der Waals surface area contributed by atoms with Crippen LogP contribution in [0.2, 0.25) is 0 Å². The average Bonchev–Trinajstić information content (AvgIpc) is 3.34. The molecular formula is C33H41AuN2. The summed E-state index contributed by atoms with van der Waals surface area (Å²) in [5.74, 6) is 1.84. The number of hydrogen-bond donors (Lipinski definition) is 0. The van der Waals surface area contributed by atoms with Crippen molar-refractivity contribution in [2.75, 3.05) is 9.80 Å². The van der Waals surface area contributed by atoms with Crippen LogP contribution < -0.4 is 9.80 Å². The molecule has 3 heteroatoms. The summed E-state index contributed by atoms with van der Waals surface area (Å²) in [4.78, 5) is 4.40. The number of nitrogens with zero attached hydrogens (tertiary/aromatic N) is 2. The van der Waals surface area contributed by atoms with Crippen molar-refractivity contribution in [2.45, 2.75) is 79.1 Å². The number of para-hydroxylation sites is 2. The molecule has 4 rings (SSSR count). The Morgan fingerprint density at radius 3 is 1.08 bits per heavy atom. The maximum atomic E-state index is 3.66. The van der Waals surface area contributed by atoms with E-state index >= 15 is 0 Å². The molecule has 0 fully saturated rings. The first-order valence-electron chi connectivity index (χ1n) is 12.9. The van der Waals surface area contributed by atoms with E-state index in [1.54, 1.807) is 0 Å². The minimum absolute atomic E-state index is 0. The zero-order chi connectivity index (χ0) is 25.5. The monoisotopic (exact) mass is 662 g/mol. The van der Waals surface area contributed by atoms with Gasteiger partial charge in [-0.2, -0.15) is 36.4 Å². The molecule has 0 saturated carbocycles. The molecule has 0 aliphatic carbocycles. The van der Waals surface area contributed by atoms with Gasteiger partial charge in [-0.3, -0.25) is 0 Å². The molecule has 1 aliphatic heterocycles. The van der Waals surface area contributed by atoms with Crippen molar-refractivity contribution >= 4 is 11.4 Å². The summed E-state index contributed by atoms with van der Waals surface area (Å²) in [5, 5.41) is 0. The van der Waals surface area contributed by atoms with Gasteiger partial charge in [-0.1, -0.05) is 91.8 Å². The number of benzene rings is 3. The van der Waals surface area contributed by atoms with Gasteiger partial charge in [0.2, 0.25) is 6.67 Å². The summed E-state index contributed by atoms with van der Waals surface area (Å²) in [6, 6.07) is 25.9. The Labute approximate surface area is 235 Å². The first kappa shape index (κ1) is 30.0. The largest absolute Gasteiger partial charge is 1.00 e. The van der Waals surface area contributed by atoms with E-state index in [0.29, 0.717) is 23.7 Å². The predicted octanol–water partition coefficient (Wildman–Crippen LogP) is 9.46. The fourth-order valence-corrected chi connectivity index (χ4v) is 4.49. The molecule has 2 nitrogen and oxygen atoms in total. The second-order valence-electron chi connectivity index (χ2n) is 10.4. The molecule has 36 heavy (non-hydrogen) atoms. The van der Waals surface area contributed by atoms with Crippen molar-refractivity contribution in [2.24, 2.45) is 0 Å². The SMILES string of the molecule is CC(C)c1cccc(C(C)C)c1N1[C]N(c2c(C(C)C)cccc2C(C)C)C=C1.[Au+].[c-]1ccccc1. The summed E-state index contributed by atoms with van der Waals surface area (Å²) >= 11 is 0. The standard InChI is InChI=1S/C27H36N2.C6H5.Au/c1-18(2)22-11-9-12-23(19(3)4)26(22)28-15-16-29(17-28)27-24(20(5)6)13-10-14-25(27)21(7)8;1-2-4-6-5-3-1;/h9-16,18-21H,1-8H3;1-5H;/q;-1;+1. The number of hydrogen-bond acceptors (Lipinski definition) is 2. The van der Waals surface area contributed by atoms with Crippen LogP contribution in [0, 0.1) is 12.7 Å². The van der Waals surface area contributed by atoms with E-state index in [2.05, 4.69) is 127 Å². The minimum atomic E-state index is 0. The topological polar surface area (TPSA) is 6.48 Å². The molecule has 0 unspecified atom stereocenters. The van der Waals surface area contributed by atoms with Crippen molar-refractivity contribution in [3.05, 3.63) is 114 Å². The van der Waals surface area contributed by atoms with Crippen LogP contribution in [-0.4, -0.2) is 0 Å². The van der Waals surface area contributed by atoms with Gasteiger partial charge >= 0.3 is 22.4 Å². The smallest absolute Gasteiger partial charge is 0.315 e. The van der Waals surface area contributed by atoms with Crippen LogP contribution in [0.25, 0.3) is 0 Å². The Bertz CT molecular complexity index is 949. The summed E-state index contributed by atoms with van der Waals surface area (Å²) in [5.41, 5.74) is 8.05. The molecular weight excluding hydrogens is 621 g/mol. The second kappa shape index (κ2) is 13.9. The van der Waals surface area contributed by atoms with Crippen molar-refractivity contribution in [1.29, 1.82) is 0 Å². The van der Waals surface area contributed by atoms with Crippen molar-refractivity contribution in [1.82, 2.24) is 0 Å². The third-order valence-electron chi connectivity index (χ3n) is 6.35. The van der Waals surface area contributed by atoms with E-state index in [0.717, 1.165) is 0 Å². The quantitative estimate of drug-likeness (QED) is 0.192. The van der Waals surface area contributed by atoms with E-state index in [1.807, 2.05) is 30.3 Å². The molecule has 0 saturated heterocycles. The summed E-state index contributed by atoms with van der Waals surface area (Å²) in [7, 11) is 0. The van der Waals surface area contributed by atoms with E-state index in [-0.39, 0.29) is 22.4 Å². The molecule has 0 aromatic heterocycles. The van der Waals surface area contributed by atoms with Gasteiger partial charge in [0.15, 0.2) is 0 Å². The molecule has 0 N–H and O–H groups in total. The van der Waals surface area contributed by atoms with Gasteiger partial charge in [-0.25, -0.2) is 0 Å². The molecule has 2 radical (unpaired) electrons. The van der Waals surface area contributed by atoms with Crippen LogP contribution in [-0.2, 0) is 22.4 Å².